The fourth-order valence-corrected chi connectivity index (χ4v) is 3.47. The number of carbonyl (C=O) groups is 1. The number of aromatic amines is 1. The Labute approximate surface area is 185 Å². The highest BCUT2D eigenvalue weighted by molar-refractivity contribution is 5.93. The molecule has 0 spiro atoms. The molecule has 1 amide bonds. The standard InChI is InChI=1S/C22H19F4N3O4/c23-14-5-3-6-15(20(14)24)28-19(30)8-12-9-27-29-21(12)13-4-1-2-7-16(13)32-17-10-31-11-18(17)33-22(25)26/h1-7,9,17-18,22H,8,10-11H2,(H,27,29)(H,28,30)/t17-,18?/m1/s1. The molecule has 2 N–H and O–H groups in total. The van der Waals surface area contributed by atoms with E-state index in [9.17, 15) is 22.4 Å². The minimum Gasteiger partial charge on any atom is -0.484 e. The van der Waals surface area contributed by atoms with Crippen LogP contribution in [0.4, 0.5) is 23.2 Å². The number of anilines is 1. The topological polar surface area (TPSA) is 85.5 Å². The summed E-state index contributed by atoms with van der Waals surface area (Å²) >= 11 is 0. The molecule has 1 aliphatic rings. The van der Waals surface area contributed by atoms with Gasteiger partial charge >= 0.3 is 6.61 Å². The van der Waals surface area contributed by atoms with Crippen molar-refractivity contribution in [1.29, 1.82) is 0 Å². The van der Waals surface area contributed by atoms with Crippen LogP contribution in [-0.4, -0.2) is 48.1 Å². The number of ether oxygens (including phenoxy) is 3. The third-order valence-electron chi connectivity index (χ3n) is 4.99. The Morgan fingerprint density at radius 1 is 1.15 bits per heavy atom. The van der Waals surface area contributed by atoms with Crippen LogP contribution in [0.3, 0.4) is 0 Å². The Morgan fingerprint density at radius 2 is 1.94 bits per heavy atom. The zero-order chi connectivity index (χ0) is 23.4. The maximum Gasteiger partial charge on any atom is 0.345 e. The summed E-state index contributed by atoms with van der Waals surface area (Å²) in [5.41, 5.74) is 1.16. The van der Waals surface area contributed by atoms with E-state index in [1.165, 1.54) is 18.3 Å². The van der Waals surface area contributed by atoms with E-state index in [0.717, 1.165) is 6.07 Å². The number of hydrogen-bond acceptors (Lipinski definition) is 5. The lowest BCUT2D eigenvalue weighted by molar-refractivity contribution is -0.175. The van der Waals surface area contributed by atoms with Crippen molar-refractivity contribution in [3.05, 3.63) is 65.9 Å². The van der Waals surface area contributed by atoms with Crippen LogP contribution in [0, 0.1) is 11.6 Å². The fourth-order valence-electron chi connectivity index (χ4n) is 3.47. The molecule has 0 bridgehead atoms. The summed E-state index contributed by atoms with van der Waals surface area (Å²) in [5, 5.41) is 9.10. The van der Waals surface area contributed by atoms with Crippen molar-refractivity contribution in [3.8, 4) is 17.0 Å². The van der Waals surface area contributed by atoms with Gasteiger partial charge in [0.2, 0.25) is 5.91 Å². The predicted molar refractivity (Wildman–Crippen MR) is 109 cm³/mol. The number of rotatable bonds is 8. The summed E-state index contributed by atoms with van der Waals surface area (Å²) < 4.78 is 68.2. The van der Waals surface area contributed by atoms with Gasteiger partial charge in [0, 0.05) is 11.1 Å². The number of para-hydroxylation sites is 1. The highest BCUT2D eigenvalue weighted by Crippen LogP contribution is 2.33. The second-order valence-corrected chi connectivity index (χ2v) is 7.22. The third-order valence-corrected chi connectivity index (χ3v) is 4.99. The normalized spacial score (nSPS) is 18.0. The third kappa shape index (κ3) is 5.32. The predicted octanol–water partition coefficient (Wildman–Crippen LogP) is 3.92. The molecule has 1 aliphatic heterocycles. The highest BCUT2D eigenvalue weighted by atomic mass is 19.3. The van der Waals surface area contributed by atoms with Crippen molar-refractivity contribution in [2.75, 3.05) is 18.5 Å². The first-order valence-electron chi connectivity index (χ1n) is 9.96. The first-order chi connectivity index (χ1) is 15.9. The van der Waals surface area contributed by atoms with Gasteiger partial charge in [-0.05, 0) is 24.3 Å². The number of alkyl halides is 2. The SMILES string of the molecule is O=C(Cc1cn[nH]c1-c1ccccc1O[C@@H]1COCC1OC(F)F)Nc1cccc(F)c1F. The molecule has 1 unspecified atom stereocenters. The number of hydrogen-bond donors (Lipinski definition) is 2. The van der Waals surface area contributed by atoms with E-state index in [1.54, 1.807) is 24.3 Å². The number of aromatic nitrogens is 2. The van der Waals surface area contributed by atoms with Crippen molar-refractivity contribution >= 4 is 11.6 Å². The lowest BCUT2D eigenvalue weighted by atomic mass is 10.0. The largest absolute Gasteiger partial charge is 0.484 e. The van der Waals surface area contributed by atoms with Crippen LogP contribution in [0.1, 0.15) is 5.56 Å². The van der Waals surface area contributed by atoms with E-state index in [1.807, 2.05) is 0 Å². The smallest absolute Gasteiger partial charge is 0.345 e. The Morgan fingerprint density at radius 3 is 2.76 bits per heavy atom. The molecule has 1 aromatic heterocycles. The number of nitrogens with zero attached hydrogens (tertiary/aromatic N) is 1. The highest BCUT2D eigenvalue weighted by Gasteiger charge is 2.34. The Balaban J connectivity index is 1.52. The summed E-state index contributed by atoms with van der Waals surface area (Å²) in [7, 11) is 0. The monoisotopic (exact) mass is 465 g/mol. The number of halogens is 4. The molecule has 11 heteroatoms. The van der Waals surface area contributed by atoms with E-state index >= 15 is 0 Å². The van der Waals surface area contributed by atoms with E-state index in [4.69, 9.17) is 9.47 Å². The maximum absolute atomic E-state index is 13.9. The molecular formula is C22H19F4N3O4. The molecule has 33 heavy (non-hydrogen) atoms. The van der Waals surface area contributed by atoms with Crippen molar-refractivity contribution in [3.63, 3.8) is 0 Å². The number of benzene rings is 2. The zero-order valence-electron chi connectivity index (χ0n) is 17.1. The van der Waals surface area contributed by atoms with Crippen LogP contribution in [0.2, 0.25) is 0 Å². The number of amides is 1. The molecule has 2 aromatic carbocycles. The molecule has 3 aromatic rings. The van der Waals surface area contributed by atoms with Gasteiger partial charge in [-0.25, -0.2) is 8.78 Å². The number of H-pyrrole nitrogens is 1. The summed E-state index contributed by atoms with van der Waals surface area (Å²) in [6.45, 7) is -2.91. The first kappa shape index (κ1) is 22.7. The average molecular weight is 465 g/mol. The van der Waals surface area contributed by atoms with Crippen molar-refractivity contribution < 1.29 is 36.6 Å². The van der Waals surface area contributed by atoms with E-state index in [0.29, 0.717) is 22.6 Å². The van der Waals surface area contributed by atoms with Crippen LogP contribution in [-0.2, 0) is 20.7 Å². The van der Waals surface area contributed by atoms with E-state index in [2.05, 4.69) is 20.3 Å². The first-order valence-corrected chi connectivity index (χ1v) is 9.96. The van der Waals surface area contributed by atoms with Gasteiger partial charge in [-0.2, -0.15) is 13.9 Å². The van der Waals surface area contributed by atoms with Gasteiger partial charge in [0.25, 0.3) is 0 Å². The average Bonchev–Trinajstić information content (AvgIpc) is 3.41. The van der Waals surface area contributed by atoms with Gasteiger partial charge in [-0.15, -0.1) is 0 Å². The van der Waals surface area contributed by atoms with Crippen LogP contribution >= 0.6 is 0 Å². The molecular weight excluding hydrogens is 446 g/mol. The molecule has 2 heterocycles. The van der Waals surface area contributed by atoms with Gasteiger partial charge in [0.1, 0.15) is 11.9 Å². The molecule has 0 saturated carbocycles. The van der Waals surface area contributed by atoms with Crippen molar-refractivity contribution in [2.45, 2.75) is 25.2 Å². The second-order valence-electron chi connectivity index (χ2n) is 7.22. The lowest BCUT2D eigenvalue weighted by Crippen LogP contribution is -2.34. The van der Waals surface area contributed by atoms with Crippen LogP contribution < -0.4 is 10.1 Å². The van der Waals surface area contributed by atoms with E-state index in [-0.39, 0.29) is 25.3 Å². The lowest BCUT2D eigenvalue weighted by Gasteiger charge is -2.21. The number of carbonyl (C=O) groups excluding carboxylic acids is 1. The van der Waals surface area contributed by atoms with Crippen LogP contribution in [0.25, 0.3) is 11.3 Å². The molecule has 7 nitrogen and oxygen atoms in total. The summed E-state index contributed by atoms with van der Waals surface area (Å²) in [6, 6.07) is 10.2. The molecule has 0 aliphatic carbocycles. The Kier molecular flexibility index (Phi) is 6.90. The summed E-state index contributed by atoms with van der Waals surface area (Å²) in [6.07, 6.45) is -0.466. The number of nitrogens with one attached hydrogen (secondary N) is 2. The Bertz CT molecular complexity index is 1120. The molecule has 2 atom stereocenters. The van der Waals surface area contributed by atoms with Crippen LogP contribution in [0.5, 0.6) is 5.75 Å². The molecule has 174 valence electrons. The van der Waals surface area contributed by atoms with E-state index < -0.39 is 36.4 Å². The molecule has 1 fully saturated rings. The fraction of sp³-hybridized carbons (Fsp3) is 0.273. The minimum absolute atomic E-state index is 0.0245. The Hall–Kier alpha value is -3.44. The minimum atomic E-state index is -2.96. The van der Waals surface area contributed by atoms with Gasteiger partial charge < -0.3 is 19.5 Å². The van der Waals surface area contributed by atoms with Gasteiger partial charge in [0.15, 0.2) is 17.7 Å². The van der Waals surface area contributed by atoms with Crippen molar-refractivity contribution in [1.82, 2.24) is 10.2 Å². The molecule has 0 radical (unpaired) electrons. The summed E-state index contributed by atoms with van der Waals surface area (Å²) in [5.74, 6) is -2.47. The molecule has 1 saturated heterocycles. The zero-order valence-corrected chi connectivity index (χ0v) is 17.1. The van der Waals surface area contributed by atoms with Gasteiger partial charge in [0.05, 0.1) is 37.2 Å². The van der Waals surface area contributed by atoms with Gasteiger partial charge in [-0.1, -0.05) is 18.2 Å². The van der Waals surface area contributed by atoms with Crippen LogP contribution in [0.15, 0.2) is 48.7 Å². The summed E-state index contributed by atoms with van der Waals surface area (Å²) in [4.78, 5) is 12.5. The van der Waals surface area contributed by atoms with Crippen molar-refractivity contribution in [2.24, 2.45) is 0 Å². The second kappa shape index (κ2) is 10.0. The quantitative estimate of drug-likeness (QED) is 0.493. The van der Waals surface area contributed by atoms with Gasteiger partial charge in [-0.3, -0.25) is 9.89 Å². The molecule has 4 rings (SSSR count). The maximum atomic E-state index is 13.9.